The van der Waals surface area contributed by atoms with Crippen LogP contribution in [0.3, 0.4) is 0 Å². The monoisotopic (exact) mass is 394 g/mol. The lowest BCUT2D eigenvalue weighted by atomic mass is 9.89. The first kappa shape index (κ1) is 20.7. The van der Waals surface area contributed by atoms with Crippen molar-refractivity contribution in [2.45, 2.75) is 37.5 Å². The SMILES string of the molecule is C=CC[C@@H]1C(=O)[C@H]([Si](C)(c2ccccc2)c2ccccc2)C[C@]1(C)OCCO. The predicted molar refractivity (Wildman–Crippen MR) is 117 cm³/mol. The third-order valence-electron chi connectivity index (χ3n) is 6.40. The molecule has 4 heteroatoms. The number of benzene rings is 2. The number of hydrogen-bond acceptors (Lipinski definition) is 3. The lowest BCUT2D eigenvalue weighted by Crippen LogP contribution is -2.60. The number of carbonyl (C=O) groups is 1. The molecule has 1 fully saturated rings. The van der Waals surface area contributed by atoms with E-state index in [0.717, 1.165) is 0 Å². The summed E-state index contributed by atoms with van der Waals surface area (Å²) in [4.78, 5) is 13.7. The zero-order valence-electron chi connectivity index (χ0n) is 16.8. The lowest BCUT2D eigenvalue weighted by Gasteiger charge is -2.35. The highest BCUT2D eigenvalue weighted by Crippen LogP contribution is 2.48. The summed E-state index contributed by atoms with van der Waals surface area (Å²) in [5, 5.41) is 11.8. The van der Waals surface area contributed by atoms with Crippen LogP contribution in [0.5, 0.6) is 0 Å². The maximum Gasteiger partial charge on any atom is 0.140 e. The molecule has 1 aliphatic carbocycles. The van der Waals surface area contributed by atoms with E-state index >= 15 is 0 Å². The van der Waals surface area contributed by atoms with Gasteiger partial charge in [0.1, 0.15) is 13.9 Å². The van der Waals surface area contributed by atoms with Gasteiger partial charge in [0.15, 0.2) is 0 Å². The van der Waals surface area contributed by atoms with Gasteiger partial charge in [0, 0.05) is 11.5 Å². The Bertz CT molecular complexity index is 766. The van der Waals surface area contributed by atoms with E-state index in [0.29, 0.717) is 12.8 Å². The van der Waals surface area contributed by atoms with Crippen molar-refractivity contribution in [2.24, 2.45) is 5.92 Å². The zero-order valence-corrected chi connectivity index (χ0v) is 17.8. The molecule has 0 aliphatic heterocycles. The number of Topliss-reactive ketones (excluding diaryl/α,β-unsaturated/α-hetero) is 1. The molecule has 0 radical (unpaired) electrons. The van der Waals surface area contributed by atoms with Gasteiger partial charge in [-0.1, -0.05) is 83.7 Å². The van der Waals surface area contributed by atoms with Crippen LogP contribution in [0.15, 0.2) is 73.3 Å². The summed E-state index contributed by atoms with van der Waals surface area (Å²) in [6.07, 6.45) is 3.09. The smallest absolute Gasteiger partial charge is 0.140 e. The quantitative estimate of drug-likeness (QED) is 0.553. The first-order valence-electron chi connectivity index (χ1n) is 9.98. The summed E-state index contributed by atoms with van der Waals surface area (Å²) < 4.78 is 6.08. The maximum absolute atomic E-state index is 13.7. The largest absolute Gasteiger partial charge is 0.394 e. The van der Waals surface area contributed by atoms with Crippen LogP contribution < -0.4 is 10.4 Å². The Kier molecular flexibility index (Phi) is 6.33. The molecule has 0 unspecified atom stereocenters. The predicted octanol–water partition coefficient (Wildman–Crippen LogP) is 3.18. The van der Waals surface area contributed by atoms with E-state index in [2.05, 4.69) is 61.7 Å². The van der Waals surface area contributed by atoms with Gasteiger partial charge in [-0.2, -0.15) is 0 Å². The van der Waals surface area contributed by atoms with Gasteiger partial charge < -0.3 is 9.84 Å². The van der Waals surface area contributed by atoms with E-state index in [4.69, 9.17) is 4.74 Å². The Balaban J connectivity index is 2.10. The van der Waals surface area contributed by atoms with Crippen molar-refractivity contribution in [3.05, 3.63) is 73.3 Å². The average Bonchev–Trinajstić information content (AvgIpc) is 2.99. The van der Waals surface area contributed by atoms with Gasteiger partial charge in [-0.3, -0.25) is 4.79 Å². The lowest BCUT2D eigenvalue weighted by molar-refractivity contribution is -0.127. The molecule has 28 heavy (non-hydrogen) atoms. The summed E-state index contributed by atoms with van der Waals surface area (Å²) in [6.45, 7) is 8.41. The highest BCUT2D eigenvalue weighted by molar-refractivity contribution is 7.04. The molecule has 2 aromatic carbocycles. The van der Waals surface area contributed by atoms with Crippen LogP contribution in [0.4, 0.5) is 0 Å². The molecule has 0 spiro atoms. The molecule has 0 aromatic heterocycles. The van der Waals surface area contributed by atoms with Crippen LogP contribution in [0.2, 0.25) is 12.1 Å². The third kappa shape index (κ3) is 3.64. The molecule has 0 bridgehead atoms. The molecule has 0 heterocycles. The van der Waals surface area contributed by atoms with Crippen LogP contribution in [0, 0.1) is 5.92 Å². The molecule has 1 N–H and O–H groups in total. The van der Waals surface area contributed by atoms with Crippen molar-refractivity contribution in [1.82, 2.24) is 0 Å². The fourth-order valence-corrected chi connectivity index (χ4v) is 9.28. The summed E-state index contributed by atoms with van der Waals surface area (Å²) in [7, 11) is -2.36. The van der Waals surface area contributed by atoms with Crippen LogP contribution in [0.1, 0.15) is 19.8 Å². The number of carbonyl (C=O) groups excluding carboxylic acids is 1. The van der Waals surface area contributed by atoms with E-state index < -0.39 is 13.7 Å². The number of hydrogen-bond donors (Lipinski definition) is 1. The summed E-state index contributed by atoms with van der Waals surface area (Å²) >= 11 is 0. The standard InChI is InChI=1S/C24H30O3Si/c1-4-11-21-23(26)22(18-24(21,2)27-17-16-25)28(3,19-12-7-5-8-13-19)20-14-9-6-10-15-20/h4-10,12-15,21-22,25H,1,11,16-18H2,2-3H3/t21-,22-,24+/m1/s1. The highest BCUT2D eigenvalue weighted by atomic mass is 28.3. The summed E-state index contributed by atoms with van der Waals surface area (Å²) in [5.41, 5.74) is -0.651. The van der Waals surface area contributed by atoms with E-state index in [9.17, 15) is 9.90 Å². The fraction of sp³-hybridized carbons (Fsp3) is 0.375. The number of ether oxygens (including phenoxy) is 1. The molecule has 2 aromatic rings. The Morgan fingerprint density at radius 2 is 1.68 bits per heavy atom. The van der Waals surface area contributed by atoms with Crippen molar-refractivity contribution in [1.29, 1.82) is 0 Å². The van der Waals surface area contributed by atoms with Crippen LogP contribution in [-0.4, -0.2) is 37.8 Å². The minimum absolute atomic E-state index is 0.0404. The van der Waals surface area contributed by atoms with Crippen molar-refractivity contribution in [3.8, 4) is 0 Å². The topological polar surface area (TPSA) is 46.5 Å². The van der Waals surface area contributed by atoms with Gasteiger partial charge in [0.05, 0.1) is 18.8 Å². The van der Waals surface area contributed by atoms with E-state index in [-0.39, 0.29) is 30.5 Å². The van der Waals surface area contributed by atoms with Gasteiger partial charge in [0.25, 0.3) is 0 Å². The van der Waals surface area contributed by atoms with Crippen molar-refractivity contribution < 1.29 is 14.6 Å². The molecule has 0 saturated heterocycles. The average molecular weight is 395 g/mol. The number of aliphatic hydroxyl groups excluding tert-OH is 1. The van der Waals surface area contributed by atoms with Crippen LogP contribution in [-0.2, 0) is 9.53 Å². The zero-order chi connectivity index (χ0) is 20.2. The van der Waals surface area contributed by atoms with Gasteiger partial charge in [-0.25, -0.2) is 0 Å². The Morgan fingerprint density at radius 3 is 2.14 bits per heavy atom. The second-order valence-corrected chi connectivity index (χ2v) is 12.3. The normalized spacial score (nSPS) is 25.0. The summed E-state index contributed by atoms with van der Waals surface area (Å²) in [5.74, 6) is 0.0583. The molecule has 1 aliphatic rings. The van der Waals surface area contributed by atoms with E-state index in [1.165, 1.54) is 10.4 Å². The van der Waals surface area contributed by atoms with Crippen molar-refractivity contribution in [3.63, 3.8) is 0 Å². The summed E-state index contributed by atoms with van der Waals surface area (Å²) in [6, 6.07) is 21.0. The molecular formula is C24H30O3Si. The molecule has 3 rings (SSSR count). The molecule has 3 nitrogen and oxygen atoms in total. The van der Waals surface area contributed by atoms with Crippen molar-refractivity contribution >= 4 is 24.2 Å². The molecular weight excluding hydrogens is 364 g/mol. The number of rotatable bonds is 8. The number of ketones is 1. The first-order valence-corrected chi connectivity index (χ1v) is 12.6. The van der Waals surface area contributed by atoms with Gasteiger partial charge >= 0.3 is 0 Å². The second kappa shape index (κ2) is 8.56. The minimum Gasteiger partial charge on any atom is -0.394 e. The Hall–Kier alpha value is -2.01. The molecule has 1 saturated carbocycles. The Labute approximate surface area is 169 Å². The Morgan fingerprint density at radius 1 is 1.14 bits per heavy atom. The van der Waals surface area contributed by atoms with Crippen LogP contribution in [0.25, 0.3) is 0 Å². The van der Waals surface area contributed by atoms with E-state index in [1.54, 1.807) is 0 Å². The van der Waals surface area contributed by atoms with E-state index in [1.807, 2.05) is 25.1 Å². The minimum atomic E-state index is -2.36. The number of aliphatic hydroxyl groups is 1. The highest BCUT2D eigenvalue weighted by Gasteiger charge is 2.57. The fourth-order valence-electron chi connectivity index (χ4n) is 4.79. The molecule has 0 amide bonds. The van der Waals surface area contributed by atoms with Crippen molar-refractivity contribution in [2.75, 3.05) is 13.2 Å². The molecule has 3 atom stereocenters. The number of allylic oxidation sites excluding steroid dienone is 1. The van der Waals surface area contributed by atoms with Gasteiger partial charge in [0.2, 0.25) is 0 Å². The molecule has 148 valence electrons. The third-order valence-corrected chi connectivity index (χ3v) is 11.4. The van der Waals surface area contributed by atoms with Gasteiger partial charge in [-0.15, -0.1) is 6.58 Å². The van der Waals surface area contributed by atoms with Crippen LogP contribution >= 0.6 is 0 Å². The first-order chi connectivity index (χ1) is 13.5. The van der Waals surface area contributed by atoms with Gasteiger partial charge in [-0.05, 0) is 19.8 Å². The maximum atomic E-state index is 13.7. The second-order valence-electron chi connectivity index (χ2n) is 8.06.